The summed E-state index contributed by atoms with van der Waals surface area (Å²) in [6, 6.07) is 12.4. The maximum absolute atomic E-state index is 10.9. The van der Waals surface area contributed by atoms with Crippen molar-refractivity contribution in [2.24, 2.45) is 0 Å². The van der Waals surface area contributed by atoms with Crippen molar-refractivity contribution in [2.45, 2.75) is 25.5 Å². The SMILES string of the molecule is Cc1ccccc1[C@]1(O)CCN(Cc2cccs2)C1. The second-order valence-corrected chi connectivity index (χ2v) is 6.42. The summed E-state index contributed by atoms with van der Waals surface area (Å²) in [5, 5.41) is 13.0. The van der Waals surface area contributed by atoms with E-state index in [0.29, 0.717) is 0 Å². The van der Waals surface area contributed by atoms with E-state index in [9.17, 15) is 5.11 Å². The average Bonchev–Trinajstić information content (AvgIpc) is 3.01. The lowest BCUT2D eigenvalue weighted by atomic mass is 9.89. The molecule has 3 rings (SSSR count). The number of nitrogens with zero attached hydrogens (tertiary/aromatic N) is 1. The van der Waals surface area contributed by atoms with Crippen LogP contribution in [0.15, 0.2) is 41.8 Å². The molecule has 1 aromatic heterocycles. The molecule has 2 nitrogen and oxygen atoms in total. The fourth-order valence-corrected chi connectivity index (χ4v) is 3.69. The van der Waals surface area contributed by atoms with Crippen LogP contribution in [-0.2, 0) is 12.1 Å². The van der Waals surface area contributed by atoms with Gasteiger partial charge in [-0.3, -0.25) is 4.90 Å². The Balaban J connectivity index is 1.75. The lowest BCUT2D eigenvalue weighted by Gasteiger charge is -2.25. The van der Waals surface area contributed by atoms with Crippen LogP contribution in [0, 0.1) is 6.92 Å². The van der Waals surface area contributed by atoms with Crippen LogP contribution >= 0.6 is 11.3 Å². The maximum atomic E-state index is 10.9. The number of likely N-dealkylation sites (tertiary alicyclic amines) is 1. The van der Waals surface area contributed by atoms with Gasteiger partial charge in [-0.2, -0.15) is 0 Å². The summed E-state index contributed by atoms with van der Waals surface area (Å²) in [7, 11) is 0. The molecular formula is C16H19NOS. The van der Waals surface area contributed by atoms with Gasteiger partial charge in [-0.15, -0.1) is 11.3 Å². The Bertz CT molecular complexity index is 552. The Hall–Kier alpha value is -1.16. The van der Waals surface area contributed by atoms with E-state index in [1.165, 1.54) is 10.4 Å². The highest BCUT2D eigenvalue weighted by molar-refractivity contribution is 7.09. The summed E-state index contributed by atoms with van der Waals surface area (Å²) in [5.74, 6) is 0. The molecule has 1 atom stereocenters. The molecule has 2 aromatic rings. The first-order valence-corrected chi connectivity index (χ1v) is 7.59. The second kappa shape index (κ2) is 5.08. The van der Waals surface area contributed by atoms with Gasteiger partial charge in [-0.1, -0.05) is 30.3 Å². The average molecular weight is 273 g/mol. The molecule has 19 heavy (non-hydrogen) atoms. The largest absolute Gasteiger partial charge is 0.384 e. The van der Waals surface area contributed by atoms with Gasteiger partial charge in [0.25, 0.3) is 0 Å². The highest BCUT2D eigenvalue weighted by atomic mass is 32.1. The summed E-state index contributed by atoms with van der Waals surface area (Å²) in [6.07, 6.45) is 0.823. The normalized spacial score (nSPS) is 23.9. The first-order chi connectivity index (χ1) is 9.17. The van der Waals surface area contributed by atoms with Gasteiger partial charge in [0.05, 0.1) is 0 Å². The number of hydrogen-bond acceptors (Lipinski definition) is 3. The molecule has 100 valence electrons. The highest BCUT2D eigenvalue weighted by Crippen LogP contribution is 2.34. The number of aryl methyl sites for hydroxylation is 1. The molecule has 2 heterocycles. The molecule has 0 radical (unpaired) electrons. The van der Waals surface area contributed by atoms with Crippen LogP contribution in [0.1, 0.15) is 22.4 Å². The number of benzene rings is 1. The number of rotatable bonds is 3. The van der Waals surface area contributed by atoms with E-state index in [-0.39, 0.29) is 0 Å². The monoisotopic (exact) mass is 273 g/mol. The summed E-state index contributed by atoms with van der Waals surface area (Å²) in [5.41, 5.74) is 1.59. The third kappa shape index (κ3) is 2.59. The van der Waals surface area contributed by atoms with Crippen molar-refractivity contribution in [3.63, 3.8) is 0 Å². The van der Waals surface area contributed by atoms with Crippen molar-refractivity contribution in [1.29, 1.82) is 0 Å². The van der Waals surface area contributed by atoms with Crippen LogP contribution in [0.2, 0.25) is 0 Å². The number of β-amino-alcohol motifs (C(OH)–C–C–N with tert-alkyl or cyclic N) is 1. The lowest BCUT2D eigenvalue weighted by Crippen LogP contribution is -2.31. The van der Waals surface area contributed by atoms with Gasteiger partial charge in [0.1, 0.15) is 5.60 Å². The summed E-state index contributed by atoms with van der Waals surface area (Å²) < 4.78 is 0. The fraction of sp³-hybridized carbons (Fsp3) is 0.375. The van der Waals surface area contributed by atoms with Crippen LogP contribution in [-0.4, -0.2) is 23.1 Å². The minimum atomic E-state index is -0.678. The molecule has 0 saturated carbocycles. The molecule has 3 heteroatoms. The number of thiophene rings is 1. The van der Waals surface area contributed by atoms with Crippen LogP contribution in [0.4, 0.5) is 0 Å². The zero-order valence-corrected chi connectivity index (χ0v) is 12.0. The zero-order chi connectivity index (χ0) is 13.3. The molecule has 1 aliphatic heterocycles. The molecular weight excluding hydrogens is 254 g/mol. The van der Waals surface area contributed by atoms with E-state index < -0.39 is 5.60 Å². The number of hydrogen-bond donors (Lipinski definition) is 1. The third-order valence-electron chi connectivity index (χ3n) is 3.93. The van der Waals surface area contributed by atoms with Crippen molar-refractivity contribution in [2.75, 3.05) is 13.1 Å². The van der Waals surface area contributed by atoms with Crippen molar-refractivity contribution in [3.05, 3.63) is 57.8 Å². The van der Waals surface area contributed by atoms with Crippen molar-refractivity contribution >= 4 is 11.3 Å². The number of aliphatic hydroxyl groups is 1. The Morgan fingerprint density at radius 1 is 1.26 bits per heavy atom. The molecule has 1 aromatic carbocycles. The van der Waals surface area contributed by atoms with E-state index in [2.05, 4.69) is 41.5 Å². The molecule has 1 saturated heterocycles. The van der Waals surface area contributed by atoms with Crippen molar-refractivity contribution in [3.8, 4) is 0 Å². The predicted octanol–water partition coefficient (Wildman–Crippen LogP) is 3.15. The third-order valence-corrected chi connectivity index (χ3v) is 4.79. The van der Waals surface area contributed by atoms with Gasteiger partial charge in [-0.25, -0.2) is 0 Å². The minimum absolute atomic E-state index is 0.678. The minimum Gasteiger partial charge on any atom is -0.384 e. The van der Waals surface area contributed by atoms with Crippen molar-refractivity contribution < 1.29 is 5.11 Å². The zero-order valence-electron chi connectivity index (χ0n) is 11.2. The molecule has 0 amide bonds. The van der Waals surface area contributed by atoms with Gasteiger partial charge in [-0.05, 0) is 35.9 Å². The molecule has 1 fully saturated rings. The predicted molar refractivity (Wildman–Crippen MR) is 79.3 cm³/mol. The maximum Gasteiger partial charge on any atom is 0.104 e. The molecule has 1 aliphatic rings. The molecule has 0 aliphatic carbocycles. The van der Waals surface area contributed by atoms with E-state index in [1.807, 2.05) is 12.1 Å². The molecule has 0 unspecified atom stereocenters. The Morgan fingerprint density at radius 2 is 2.11 bits per heavy atom. The van der Waals surface area contributed by atoms with E-state index in [4.69, 9.17) is 0 Å². The van der Waals surface area contributed by atoms with E-state index in [0.717, 1.165) is 31.6 Å². The van der Waals surface area contributed by atoms with Crippen LogP contribution in [0.25, 0.3) is 0 Å². The fourth-order valence-electron chi connectivity index (χ4n) is 2.94. The summed E-state index contributed by atoms with van der Waals surface area (Å²) >= 11 is 1.79. The molecule has 0 bridgehead atoms. The quantitative estimate of drug-likeness (QED) is 0.928. The van der Waals surface area contributed by atoms with Gasteiger partial charge in [0, 0.05) is 24.5 Å². The molecule has 1 N–H and O–H groups in total. The van der Waals surface area contributed by atoms with Gasteiger partial charge in [0.2, 0.25) is 0 Å². The van der Waals surface area contributed by atoms with Crippen LogP contribution in [0.3, 0.4) is 0 Å². The Labute approximate surface area is 118 Å². The van der Waals surface area contributed by atoms with E-state index in [1.54, 1.807) is 11.3 Å². The van der Waals surface area contributed by atoms with Gasteiger partial charge >= 0.3 is 0 Å². The van der Waals surface area contributed by atoms with Crippen LogP contribution < -0.4 is 0 Å². The standard InChI is InChI=1S/C16H19NOS/c1-13-5-2-3-7-15(13)16(18)8-9-17(12-16)11-14-6-4-10-19-14/h2-7,10,18H,8-9,11-12H2,1H3/t16-/m0/s1. The Morgan fingerprint density at radius 3 is 2.84 bits per heavy atom. The topological polar surface area (TPSA) is 23.5 Å². The van der Waals surface area contributed by atoms with Crippen LogP contribution in [0.5, 0.6) is 0 Å². The van der Waals surface area contributed by atoms with Crippen molar-refractivity contribution in [1.82, 2.24) is 4.90 Å². The van der Waals surface area contributed by atoms with E-state index >= 15 is 0 Å². The molecule has 0 spiro atoms. The highest BCUT2D eigenvalue weighted by Gasteiger charge is 2.38. The summed E-state index contributed by atoms with van der Waals surface area (Å²) in [4.78, 5) is 3.71. The van der Waals surface area contributed by atoms with Gasteiger partial charge < -0.3 is 5.11 Å². The smallest absolute Gasteiger partial charge is 0.104 e. The van der Waals surface area contributed by atoms with Gasteiger partial charge in [0.15, 0.2) is 0 Å². The second-order valence-electron chi connectivity index (χ2n) is 5.39. The Kier molecular flexibility index (Phi) is 3.44. The first kappa shape index (κ1) is 12.9. The lowest BCUT2D eigenvalue weighted by molar-refractivity contribution is 0.0448. The summed E-state index contributed by atoms with van der Waals surface area (Å²) in [6.45, 7) is 4.72. The first-order valence-electron chi connectivity index (χ1n) is 6.71.